The minimum atomic E-state index is -1.05. The van der Waals surface area contributed by atoms with E-state index in [4.69, 9.17) is 5.11 Å². The molecule has 20 heavy (non-hydrogen) atoms. The van der Waals surface area contributed by atoms with Gasteiger partial charge in [0, 0.05) is 20.0 Å². The van der Waals surface area contributed by atoms with Crippen LogP contribution < -0.4 is 5.32 Å². The van der Waals surface area contributed by atoms with E-state index in [0.29, 0.717) is 18.8 Å². The van der Waals surface area contributed by atoms with Crippen LogP contribution in [0.15, 0.2) is 12.5 Å². The second-order valence-corrected chi connectivity index (χ2v) is 4.04. The molecule has 0 aliphatic rings. The van der Waals surface area contributed by atoms with E-state index in [9.17, 15) is 9.59 Å². The maximum atomic E-state index is 11.7. The SMILES string of the molecule is Cn1cnc(CCNC(=O)c2cn(CC(=O)O)nn2)n1. The third-order valence-electron chi connectivity index (χ3n) is 2.35. The third-order valence-corrected chi connectivity index (χ3v) is 2.35. The lowest BCUT2D eigenvalue weighted by atomic mass is 10.4. The molecule has 10 nitrogen and oxygen atoms in total. The van der Waals surface area contributed by atoms with Gasteiger partial charge >= 0.3 is 5.97 Å². The number of carboxylic acid groups (broad SMARTS) is 1. The van der Waals surface area contributed by atoms with E-state index in [-0.39, 0.29) is 12.2 Å². The van der Waals surface area contributed by atoms with Gasteiger partial charge in [0.05, 0.1) is 6.20 Å². The Balaban J connectivity index is 1.82. The van der Waals surface area contributed by atoms with Crippen LogP contribution in [0.25, 0.3) is 0 Å². The first-order chi connectivity index (χ1) is 9.54. The summed E-state index contributed by atoms with van der Waals surface area (Å²) in [5, 5.41) is 22.4. The smallest absolute Gasteiger partial charge is 0.325 e. The second-order valence-electron chi connectivity index (χ2n) is 4.04. The van der Waals surface area contributed by atoms with Crippen LogP contribution >= 0.6 is 0 Å². The molecule has 10 heteroatoms. The Morgan fingerprint density at radius 2 is 2.25 bits per heavy atom. The van der Waals surface area contributed by atoms with Crippen molar-refractivity contribution in [2.75, 3.05) is 6.54 Å². The van der Waals surface area contributed by atoms with Gasteiger partial charge in [0.1, 0.15) is 12.9 Å². The summed E-state index contributed by atoms with van der Waals surface area (Å²) >= 11 is 0. The Bertz CT molecular complexity index is 618. The normalized spacial score (nSPS) is 10.4. The quantitative estimate of drug-likeness (QED) is 0.656. The summed E-state index contributed by atoms with van der Waals surface area (Å²) in [5.74, 6) is -0.844. The van der Waals surface area contributed by atoms with Gasteiger partial charge in [-0.25, -0.2) is 9.67 Å². The molecule has 2 N–H and O–H groups in total. The molecule has 2 rings (SSSR count). The predicted molar refractivity (Wildman–Crippen MR) is 64.7 cm³/mol. The summed E-state index contributed by atoms with van der Waals surface area (Å²) in [6.07, 6.45) is 3.35. The highest BCUT2D eigenvalue weighted by Crippen LogP contribution is 1.94. The number of nitrogens with zero attached hydrogens (tertiary/aromatic N) is 6. The zero-order chi connectivity index (χ0) is 14.5. The van der Waals surface area contributed by atoms with Crippen molar-refractivity contribution in [3.63, 3.8) is 0 Å². The van der Waals surface area contributed by atoms with Crippen molar-refractivity contribution in [1.82, 2.24) is 35.1 Å². The molecular weight excluding hydrogens is 266 g/mol. The average Bonchev–Trinajstić information content (AvgIpc) is 2.98. The molecule has 0 fully saturated rings. The summed E-state index contributed by atoms with van der Waals surface area (Å²) in [7, 11) is 1.76. The highest BCUT2D eigenvalue weighted by molar-refractivity contribution is 5.91. The van der Waals surface area contributed by atoms with E-state index in [1.807, 2.05) is 0 Å². The maximum Gasteiger partial charge on any atom is 0.325 e. The van der Waals surface area contributed by atoms with E-state index in [0.717, 1.165) is 4.68 Å². The summed E-state index contributed by atoms with van der Waals surface area (Å²) in [6, 6.07) is 0. The largest absolute Gasteiger partial charge is 0.480 e. The Hall–Kier alpha value is -2.78. The highest BCUT2D eigenvalue weighted by atomic mass is 16.4. The lowest BCUT2D eigenvalue weighted by molar-refractivity contribution is -0.137. The fourth-order valence-corrected chi connectivity index (χ4v) is 1.50. The van der Waals surface area contributed by atoms with Crippen LogP contribution in [-0.4, -0.2) is 53.3 Å². The minimum absolute atomic E-state index is 0.0697. The van der Waals surface area contributed by atoms with Gasteiger partial charge in [0.2, 0.25) is 0 Å². The highest BCUT2D eigenvalue weighted by Gasteiger charge is 2.11. The summed E-state index contributed by atoms with van der Waals surface area (Å²) in [5.41, 5.74) is 0.0697. The first-order valence-electron chi connectivity index (χ1n) is 5.79. The minimum Gasteiger partial charge on any atom is -0.480 e. The van der Waals surface area contributed by atoms with Crippen molar-refractivity contribution in [2.45, 2.75) is 13.0 Å². The molecule has 106 valence electrons. The summed E-state index contributed by atoms with van der Waals surface area (Å²) in [4.78, 5) is 26.2. The maximum absolute atomic E-state index is 11.7. The summed E-state index contributed by atoms with van der Waals surface area (Å²) in [6.45, 7) is 0.0206. The monoisotopic (exact) mass is 279 g/mol. The Morgan fingerprint density at radius 3 is 2.90 bits per heavy atom. The average molecular weight is 279 g/mol. The number of carboxylic acids is 1. The molecule has 0 radical (unpaired) electrons. The molecule has 1 amide bonds. The molecule has 0 saturated carbocycles. The van der Waals surface area contributed by atoms with Crippen LogP contribution in [0.3, 0.4) is 0 Å². The molecule has 2 aromatic heterocycles. The molecule has 0 aliphatic heterocycles. The number of amides is 1. The van der Waals surface area contributed by atoms with Gasteiger partial charge in [-0.05, 0) is 0 Å². The first-order valence-corrected chi connectivity index (χ1v) is 5.79. The van der Waals surface area contributed by atoms with Crippen molar-refractivity contribution in [3.05, 3.63) is 24.0 Å². The number of nitrogens with one attached hydrogen (secondary N) is 1. The Labute approximate surface area is 113 Å². The molecule has 0 bridgehead atoms. The molecule has 0 aromatic carbocycles. The Kier molecular flexibility index (Phi) is 4.03. The van der Waals surface area contributed by atoms with Crippen molar-refractivity contribution in [2.24, 2.45) is 7.05 Å². The number of carbonyl (C=O) groups excluding carboxylic acids is 1. The fourth-order valence-electron chi connectivity index (χ4n) is 1.50. The third kappa shape index (κ3) is 3.60. The zero-order valence-electron chi connectivity index (χ0n) is 10.7. The van der Waals surface area contributed by atoms with Gasteiger partial charge in [-0.3, -0.25) is 14.3 Å². The van der Waals surface area contributed by atoms with Gasteiger partial charge < -0.3 is 10.4 Å². The number of hydrogen-bond donors (Lipinski definition) is 2. The van der Waals surface area contributed by atoms with Crippen molar-refractivity contribution in [3.8, 4) is 0 Å². The van der Waals surface area contributed by atoms with Crippen LogP contribution in [-0.2, 0) is 24.8 Å². The number of aryl methyl sites for hydroxylation is 1. The van der Waals surface area contributed by atoms with Gasteiger partial charge in [0.25, 0.3) is 5.91 Å². The van der Waals surface area contributed by atoms with Crippen molar-refractivity contribution < 1.29 is 14.7 Å². The first kappa shape index (κ1) is 13.6. The Morgan fingerprint density at radius 1 is 1.45 bits per heavy atom. The number of rotatable bonds is 6. The molecule has 0 atom stereocenters. The van der Waals surface area contributed by atoms with Crippen LogP contribution in [0, 0.1) is 0 Å². The van der Waals surface area contributed by atoms with E-state index in [1.54, 1.807) is 18.1 Å². The van der Waals surface area contributed by atoms with Crippen LogP contribution in [0.2, 0.25) is 0 Å². The molecule has 0 spiro atoms. The lowest BCUT2D eigenvalue weighted by Gasteiger charge is -1.99. The van der Waals surface area contributed by atoms with Crippen LogP contribution in [0.4, 0.5) is 0 Å². The second kappa shape index (κ2) is 5.91. The predicted octanol–water partition coefficient (Wildman–Crippen LogP) is -1.54. The van der Waals surface area contributed by atoms with Gasteiger partial charge in [-0.2, -0.15) is 5.10 Å². The van der Waals surface area contributed by atoms with Gasteiger partial charge in [-0.15, -0.1) is 5.10 Å². The van der Waals surface area contributed by atoms with E-state index in [1.165, 1.54) is 6.20 Å². The van der Waals surface area contributed by atoms with Crippen LogP contribution in [0.1, 0.15) is 16.3 Å². The summed E-state index contributed by atoms with van der Waals surface area (Å²) < 4.78 is 2.66. The molecule has 0 saturated heterocycles. The van der Waals surface area contributed by atoms with Crippen molar-refractivity contribution in [1.29, 1.82) is 0 Å². The number of hydrogen-bond acceptors (Lipinski definition) is 6. The van der Waals surface area contributed by atoms with Gasteiger partial charge in [-0.1, -0.05) is 5.21 Å². The molecular formula is C10H13N7O3. The lowest BCUT2D eigenvalue weighted by Crippen LogP contribution is -2.26. The van der Waals surface area contributed by atoms with E-state index < -0.39 is 11.9 Å². The van der Waals surface area contributed by atoms with E-state index in [2.05, 4.69) is 25.7 Å². The number of aliphatic carboxylic acids is 1. The van der Waals surface area contributed by atoms with E-state index >= 15 is 0 Å². The van der Waals surface area contributed by atoms with Crippen LogP contribution in [0.5, 0.6) is 0 Å². The zero-order valence-corrected chi connectivity index (χ0v) is 10.7. The molecule has 0 aliphatic carbocycles. The molecule has 2 aromatic rings. The number of aromatic nitrogens is 6. The standard InChI is InChI=1S/C10H13N7O3/c1-16-6-12-8(14-16)2-3-11-10(20)7-4-17(15-13-7)5-9(18)19/h4,6H,2-3,5H2,1H3,(H,11,20)(H,18,19). The molecule has 2 heterocycles. The topological polar surface area (TPSA) is 128 Å². The molecule has 0 unspecified atom stereocenters. The van der Waals surface area contributed by atoms with Gasteiger partial charge in [0.15, 0.2) is 11.5 Å². The fraction of sp³-hybridized carbons (Fsp3) is 0.400. The van der Waals surface area contributed by atoms with Crippen molar-refractivity contribution >= 4 is 11.9 Å². The number of carbonyl (C=O) groups is 2.